The molecule has 0 amide bonds. The van der Waals surface area contributed by atoms with Crippen LogP contribution < -0.4 is 0 Å². The van der Waals surface area contributed by atoms with Gasteiger partial charge in [-0.25, -0.2) is 0 Å². The van der Waals surface area contributed by atoms with Crippen molar-refractivity contribution in [3.05, 3.63) is 24.0 Å². The third-order valence-corrected chi connectivity index (χ3v) is 3.79. The van der Waals surface area contributed by atoms with E-state index in [1.54, 1.807) is 0 Å². The molecule has 1 aromatic heterocycles. The van der Waals surface area contributed by atoms with Crippen molar-refractivity contribution in [2.45, 2.75) is 32.9 Å². The van der Waals surface area contributed by atoms with Gasteiger partial charge in [0.1, 0.15) is 0 Å². The van der Waals surface area contributed by atoms with Gasteiger partial charge >= 0.3 is 0 Å². The molecular formula is C14H25N3. The van der Waals surface area contributed by atoms with Crippen LogP contribution in [0.3, 0.4) is 0 Å². The fraction of sp³-hybridized carbons (Fsp3) is 0.714. The normalized spacial score (nSPS) is 19.8. The molecule has 2 heterocycles. The van der Waals surface area contributed by atoms with Gasteiger partial charge in [0.15, 0.2) is 0 Å². The van der Waals surface area contributed by atoms with Crippen molar-refractivity contribution in [1.29, 1.82) is 0 Å². The summed E-state index contributed by atoms with van der Waals surface area (Å²) < 4.78 is 2.23. The molecule has 0 atom stereocenters. The maximum atomic E-state index is 2.59. The van der Waals surface area contributed by atoms with E-state index in [4.69, 9.17) is 0 Å². The highest BCUT2D eigenvalue weighted by Crippen LogP contribution is 2.10. The maximum Gasteiger partial charge on any atom is 0.0387 e. The van der Waals surface area contributed by atoms with E-state index in [1.165, 1.54) is 38.3 Å². The lowest BCUT2D eigenvalue weighted by Gasteiger charge is -2.24. The van der Waals surface area contributed by atoms with E-state index < -0.39 is 0 Å². The van der Waals surface area contributed by atoms with Gasteiger partial charge in [-0.15, -0.1) is 0 Å². The SMILES string of the molecule is CC(C)N1CCCN(Cc2cccn2C)CC1. The van der Waals surface area contributed by atoms with Crippen LogP contribution in [0.25, 0.3) is 0 Å². The van der Waals surface area contributed by atoms with E-state index in [2.05, 4.69) is 53.6 Å². The molecule has 1 saturated heterocycles. The summed E-state index contributed by atoms with van der Waals surface area (Å²) >= 11 is 0. The Hall–Kier alpha value is -0.800. The molecule has 2 rings (SSSR count). The largest absolute Gasteiger partial charge is 0.353 e. The second kappa shape index (κ2) is 5.69. The Morgan fingerprint density at radius 1 is 1.18 bits per heavy atom. The van der Waals surface area contributed by atoms with Crippen LogP contribution >= 0.6 is 0 Å². The van der Waals surface area contributed by atoms with E-state index >= 15 is 0 Å². The van der Waals surface area contributed by atoms with E-state index in [-0.39, 0.29) is 0 Å². The predicted octanol–water partition coefficient (Wildman–Crippen LogP) is 1.94. The number of hydrogen-bond acceptors (Lipinski definition) is 2. The molecule has 1 aromatic rings. The first-order chi connectivity index (χ1) is 8.16. The molecule has 1 aliphatic heterocycles. The summed E-state index contributed by atoms with van der Waals surface area (Å²) in [5.74, 6) is 0. The number of nitrogens with zero attached hydrogens (tertiary/aromatic N) is 3. The van der Waals surface area contributed by atoms with Gasteiger partial charge in [0.25, 0.3) is 0 Å². The maximum absolute atomic E-state index is 2.59. The highest BCUT2D eigenvalue weighted by molar-refractivity contribution is 5.06. The fourth-order valence-corrected chi connectivity index (χ4v) is 2.56. The standard InChI is InChI=1S/C14H25N3/c1-13(2)17-9-5-8-16(10-11-17)12-14-6-4-7-15(14)3/h4,6-7,13H,5,8-12H2,1-3H3. The molecule has 0 N–H and O–H groups in total. The lowest BCUT2D eigenvalue weighted by molar-refractivity contribution is 0.217. The van der Waals surface area contributed by atoms with Crippen LogP contribution in [0, 0.1) is 0 Å². The molecule has 3 nitrogen and oxygen atoms in total. The summed E-state index contributed by atoms with van der Waals surface area (Å²) in [4.78, 5) is 5.17. The van der Waals surface area contributed by atoms with Crippen molar-refractivity contribution in [2.24, 2.45) is 7.05 Å². The molecule has 17 heavy (non-hydrogen) atoms. The van der Waals surface area contributed by atoms with Crippen molar-refractivity contribution in [3.8, 4) is 0 Å². The van der Waals surface area contributed by atoms with Crippen molar-refractivity contribution >= 4 is 0 Å². The zero-order valence-corrected chi connectivity index (χ0v) is 11.4. The Bertz CT molecular complexity index is 343. The second-order valence-corrected chi connectivity index (χ2v) is 5.37. The topological polar surface area (TPSA) is 11.4 Å². The first-order valence-corrected chi connectivity index (χ1v) is 6.73. The van der Waals surface area contributed by atoms with Crippen LogP contribution in [-0.2, 0) is 13.6 Å². The molecule has 3 heteroatoms. The Morgan fingerprint density at radius 2 is 2.00 bits per heavy atom. The zero-order chi connectivity index (χ0) is 12.3. The lowest BCUT2D eigenvalue weighted by Crippen LogP contribution is -2.35. The summed E-state index contributed by atoms with van der Waals surface area (Å²) in [5.41, 5.74) is 1.42. The quantitative estimate of drug-likeness (QED) is 0.793. The van der Waals surface area contributed by atoms with Crippen LogP contribution in [-0.4, -0.2) is 46.6 Å². The van der Waals surface area contributed by atoms with Gasteiger partial charge < -0.3 is 4.57 Å². The van der Waals surface area contributed by atoms with Gasteiger partial charge in [-0.1, -0.05) is 0 Å². The van der Waals surface area contributed by atoms with Gasteiger partial charge in [0.05, 0.1) is 0 Å². The number of rotatable bonds is 3. The Kier molecular flexibility index (Phi) is 4.24. The van der Waals surface area contributed by atoms with Crippen LogP contribution in [0.4, 0.5) is 0 Å². The first-order valence-electron chi connectivity index (χ1n) is 6.73. The molecule has 0 radical (unpaired) electrons. The number of aryl methyl sites for hydroxylation is 1. The van der Waals surface area contributed by atoms with Crippen LogP contribution in [0.1, 0.15) is 26.0 Å². The molecule has 0 spiro atoms. The molecular weight excluding hydrogens is 210 g/mol. The highest BCUT2D eigenvalue weighted by Gasteiger charge is 2.17. The van der Waals surface area contributed by atoms with Gasteiger partial charge in [0, 0.05) is 44.6 Å². The number of aromatic nitrogens is 1. The summed E-state index contributed by atoms with van der Waals surface area (Å²) in [6.07, 6.45) is 3.43. The monoisotopic (exact) mass is 235 g/mol. The smallest absolute Gasteiger partial charge is 0.0387 e. The number of hydrogen-bond donors (Lipinski definition) is 0. The second-order valence-electron chi connectivity index (χ2n) is 5.37. The Morgan fingerprint density at radius 3 is 2.65 bits per heavy atom. The minimum atomic E-state index is 0.685. The Labute approximate surface area is 105 Å². The first kappa shape index (κ1) is 12.7. The van der Waals surface area contributed by atoms with Gasteiger partial charge in [-0.2, -0.15) is 0 Å². The van der Waals surface area contributed by atoms with Crippen molar-refractivity contribution in [2.75, 3.05) is 26.2 Å². The van der Waals surface area contributed by atoms with Gasteiger partial charge in [0.2, 0.25) is 0 Å². The van der Waals surface area contributed by atoms with Gasteiger partial charge in [-0.05, 0) is 45.5 Å². The van der Waals surface area contributed by atoms with Crippen LogP contribution in [0.2, 0.25) is 0 Å². The highest BCUT2D eigenvalue weighted by atomic mass is 15.2. The molecule has 1 aliphatic rings. The molecule has 0 bridgehead atoms. The van der Waals surface area contributed by atoms with Crippen LogP contribution in [0.15, 0.2) is 18.3 Å². The lowest BCUT2D eigenvalue weighted by atomic mass is 10.3. The zero-order valence-electron chi connectivity index (χ0n) is 11.4. The molecule has 0 aromatic carbocycles. The molecule has 0 aliphatic carbocycles. The van der Waals surface area contributed by atoms with E-state index in [0.717, 1.165) is 6.54 Å². The molecule has 96 valence electrons. The fourth-order valence-electron chi connectivity index (χ4n) is 2.56. The summed E-state index contributed by atoms with van der Waals surface area (Å²) in [5, 5.41) is 0. The van der Waals surface area contributed by atoms with Crippen molar-refractivity contribution < 1.29 is 0 Å². The average molecular weight is 235 g/mol. The Balaban J connectivity index is 1.89. The van der Waals surface area contributed by atoms with Crippen LogP contribution in [0.5, 0.6) is 0 Å². The summed E-state index contributed by atoms with van der Waals surface area (Å²) in [7, 11) is 2.13. The average Bonchev–Trinajstić information content (AvgIpc) is 2.55. The third kappa shape index (κ3) is 3.33. The molecule has 0 saturated carbocycles. The molecule has 1 fully saturated rings. The minimum absolute atomic E-state index is 0.685. The third-order valence-electron chi connectivity index (χ3n) is 3.79. The minimum Gasteiger partial charge on any atom is -0.353 e. The van der Waals surface area contributed by atoms with Gasteiger partial charge in [-0.3, -0.25) is 9.80 Å². The van der Waals surface area contributed by atoms with Crippen molar-refractivity contribution in [1.82, 2.24) is 14.4 Å². The summed E-state index contributed by atoms with van der Waals surface area (Å²) in [6, 6.07) is 5.04. The van der Waals surface area contributed by atoms with E-state index in [0.29, 0.717) is 6.04 Å². The van der Waals surface area contributed by atoms with Crippen molar-refractivity contribution in [3.63, 3.8) is 0 Å². The van der Waals surface area contributed by atoms with E-state index in [1.807, 2.05) is 0 Å². The predicted molar refractivity (Wildman–Crippen MR) is 72.0 cm³/mol. The van der Waals surface area contributed by atoms with E-state index in [9.17, 15) is 0 Å². The summed E-state index contributed by atoms with van der Waals surface area (Å²) in [6.45, 7) is 10.6. The molecule has 0 unspecified atom stereocenters.